The quantitative estimate of drug-likeness (QED) is 0.600. The summed E-state index contributed by atoms with van der Waals surface area (Å²) in [5, 5.41) is 2.58. The standard InChI is InChI=1S/C20H24F3N3O5S/c1-25(2)32(28,29)18-11-15(9-10-17(18)30-4)24-19(27)13-26(3)12-14-7-5-6-8-16(14)31-20(21,22)23/h5-11H,12-13H2,1-4H3,(H,24,27). The van der Waals surface area contributed by atoms with E-state index in [2.05, 4.69) is 10.1 Å². The Bertz CT molecular complexity index is 1060. The van der Waals surface area contributed by atoms with Gasteiger partial charge in [-0.1, -0.05) is 18.2 Å². The number of hydrogen-bond donors (Lipinski definition) is 1. The molecule has 12 heteroatoms. The first-order valence-electron chi connectivity index (χ1n) is 9.26. The van der Waals surface area contributed by atoms with Gasteiger partial charge in [0.15, 0.2) is 0 Å². The third kappa shape index (κ3) is 6.84. The molecule has 0 aliphatic heterocycles. The van der Waals surface area contributed by atoms with Crippen molar-refractivity contribution in [1.82, 2.24) is 9.21 Å². The van der Waals surface area contributed by atoms with Crippen LogP contribution in [0.4, 0.5) is 18.9 Å². The van der Waals surface area contributed by atoms with Gasteiger partial charge in [-0.15, -0.1) is 13.2 Å². The number of amides is 1. The van der Waals surface area contributed by atoms with Gasteiger partial charge in [0.25, 0.3) is 0 Å². The molecule has 0 atom stereocenters. The highest BCUT2D eigenvalue weighted by molar-refractivity contribution is 7.89. The van der Waals surface area contributed by atoms with E-state index in [-0.39, 0.29) is 40.7 Å². The molecule has 0 aromatic heterocycles. The van der Waals surface area contributed by atoms with Gasteiger partial charge in [0.1, 0.15) is 16.4 Å². The van der Waals surface area contributed by atoms with Gasteiger partial charge in [0, 0.05) is 31.9 Å². The number of likely N-dealkylation sites (N-methyl/N-ethyl adjacent to an activating group) is 1. The Morgan fingerprint density at radius 3 is 2.31 bits per heavy atom. The van der Waals surface area contributed by atoms with Crippen molar-refractivity contribution in [1.29, 1.82) is 0 Å². The summed E-state index contributed by atoms with van der Waals surface area (Å²) >= 11 is 0. The van der Waals surface area contributed by atoms with E-state index < -0.39 is 22.3 Å². The molecule has 8 nitrogen and oxygen atoms in total. The van der Waals surface area contributed by atoms with Crippen molar-refractivity contribution in [3.8, 4) is 11.5 Å². The summed E-state index contributed by atoms with van der Waals surface area (Å²) in [5.74, 6) is -0.712. The number of nitrogens with zero attached hydrogens (tertiary/aromatic N) is 2. The molecule has 0 unspecified atom stereocenters. The lowest BCUT2D eigenvalue weighted by Gasteiger charge is -2.19. The predicted octanol–water partition coefficient (Wildman–Crippen LogP) is 2.91. The molecule has 0 aliphatic carbocycles. The molecule has 0 spiro atoms. The summed E-state index contributed by atoms with van der Waals surface area (Å²) in [6.07, 6.45) is -4.83. The van der Waals surface area contributed by atoms with Crippen LogP contribution in [0.3, 0.4) is 0 Å². The molecule has 2 rings (SSSR count). The van der Waals surface area contributed by atoms with Crippen LogP contribution in [0.2, 0.25) is 0 Å². The van der Waals surface area contributed by atoms with E-state index in [0.717, 1.165) is 4.31 Å². The van der Waals surface area contributed by atoms with Crippen LogP contribution in [0.25, 0.3) is 0 Å². The molecule has 0 heterocycles. The van der Waals surface area contributed by atoms with Crippen LogP contribution < -0.4 is 14.8 Å². The lowest BCUT2D eigenvalue weighted by atomic mass is 10.2. The zero-order valence-electron chi connectivity index (χ0n) is 17.9. The van der Waals surface area contributed by atoms with E-state index >= 15 is 0 Å². The monoisotopic (exact) mass is 475 g/mol. The number of benzene rings is 2. The fourth-order valence-corrected chi connectivity index (χ4v) is 3.88. The predicted molar refractivity (Wildman–Crippen MR) is 112 cm³/mol. The highest BCUT2D eigenvalue weighted by Crippen LogP contribution is 2.29. The number of alkyl halides is 3. The van der Waals surface area contributed by atoms with Gasteiger partial charge in [-0.05, 0) is 31.3 Å². The van der Waals surface area contributed by atoms with E-state index in [4.69, 9.17) is 4.74 Å². The van der Waals surface area contributed by atoms with E-state index in [9.17, 15) is 26.4 Å². The Labute approximate surface area is 184 Å². The normalized spacial score (nSPS) is 12.2. The summed E-state index contributed by atoms with van der Waals surface area (Å²) in [6, 6.07) is 9.83. The average Bonchev–Trinajstić information content (AvgIpc) is 2.68. The summed E-state index contributed by atoms with van der Waals surface area (Å²) < 4.78 is 72.9. The first-order valence-corrected chi connectivity index (χ1v) is 10.7. The lowest BCUT2D eigenvalue weighted by Crippen LogP contribution is -2.30. The maximum absolute atomic E-state index is 12.6. The number of methoxy groups -OCH3 is 1. The molecule has 32 heavy (non-hydrogen) atoms. The zero-order valence-corrected chi connectivity index (χ0v) is 18.7. The first kappa shape index (κ1) is 25.4. The Morgan fingerprint density at radius 1 is 1.06 bits per heavy atom. The SMILES string of the molecule is COc1ccc(NC(=O)CN(C)Cc2ccccc2OC(F)(F)F)cc1S(=O)(=O)N(C)C. The molecule has 0 bridgehead atoms. The van der Waals surface area contributed by atoms with Crippen molar-refractivity contribution in [2.24, 2.45) is 0 Å². The maximum atomic E-state index is 12.6. The molecule has 0 saturated heterocycles. The second-order valence-electron chi connectivity index (χ2n) is 7.03. The van der Waals surface area contributed by atoms with Crippen molar-refractivity contribution >= 4 is 21.6 Å². The fourth-order valence-electron chi connectivity index (χ4n) is 2.80. The number of carbonyl (C=O) groups excluding carboxylic acids is 1. The van der Waals surface area contributed by atoms with Gasteiger partial charge in [-0.3, -0.25) is 9.69 Å². The Hall–Kier alpha value is -2.83. The van der Waals surface area contributed by atoms with Gasteiger partial charge in [0.2, 0.25) is 15.9 Å². The van der Waals surface area contributed by atoms with Crippen molar-refractivity contribution in [2.45, 2.75) is 17.8 Å². The Kier molecular flexibility index (Phi) is 8.10. The molecular formula is C20H24F3N3O5S. The van der Waals surface area contributed by atoms with Gasteiger partial charge >= 0.3 is 6.36 Å². The number of anilines is 1. The van der Waals surface area contributed by atoms with E-state index in [1.54, 1.807) is 13.1 Å². The molecule has 0 aliphatic rings. The fraction of sp³-hybridized carbons (Fsp3) is 0.350. The summed E-state index contributed by atoms with van der Waals surface area (Å²) in [6.45, 7) is -0.148. The maximum Gasteiger partial charge on any atom is 0.573 e. The summed E-state index contributed by atoms with van der Waals surface area (Å²) in [7, 11) is 1.81. The molecule has 176 valence electrons. The largest absolute Gasteiger partial charge is 0.573 e. The third-order valence-electron chi connectivity index (χ3n) is 4.26. The van der Waals surface area contributed by atoms with Crippen LogP contribution in [-0.4, -0.2) is 64.7 Å². The van der Waals surface area contributed by atoms with Crippen molar-refractivity contribution in [3.05, 3.63) is 48.0 Å². The number of para-hydroxylation sites is 1. The second kappa shape index (κ2) is 10.2. The number of sulfonamides is 1. The van der Waals surface area contributed by atoms with Crippen LogP contribution >= 0.6 is 0 Å². The highest BCUT2D eigenvalue weighted by Gasteiger charge is 2.32. The molecule has 2 aromatic rings. The van der Waals surface area contributed by atoms with Crippen LogP contribution in [0.15, 0.2) is 47.4 Å². The lowest BCUT2D eigenvalue weighted by molar-refractivity contribution is -0.275. The smallest absolute Gasteiger partial charge is 0.495 e. The summed E-state index contributed by atoms with van der Waals surface area (Å²) in [5.41, 5.74) is 0.481. The molecule has 0 fully saturated rings. The highest BCUT2D eigenvalue weighted by atomic mass is 32.2. The molecule has 0 saturated carbocycles. The topological polar surface area (TPSA) is 88.2 Å². The zero-order chi connectivity index (χ0) is 24.1. The van der Waals surface area contributed by atoms with E-state index in [0.29, 0.717) is 0 Å². The minimum Gasteiger partial charge on any atom is -0.495 e. The second-order valence-corrected chi connectivity index (χ2v) is 9.15. The van der Waals surface area contributed by atoms with Crippen molar-refractivity contribution in [3.63, 3.8) is 0 Å². The number of carbonyl (C=O) groups is 1. The van der Waals surface area contributed by atoms with Crippen molar-refractivity contribution < 1.29 is 35.9 Å². The summed E-state index contributed by atoms with van der Waals surface area (Å²) in [4.78, 5) is 13.8. The number of hydrogen-bond acceptors (Lipinski definition) is 6. The minimum absolute atomic E-state index is 0.0164. The Morgan fingerprint density at radius 2 is 1.72 bits per heavy atom. The third-order valence-corrected chi connectivity index (χ3v) is 6.09. The average molecular weight is 475 g/mol. The van der Waals surface area contributed by atoms with E-state index in [1.165, 1.54) is 62.5 Å². The van der Waals surface area contributed by atoms with Crippen molar-refractivity contribution in [2.75, 3.05) is 40.1 Å². The van der Waals surface area contributed by atoms with Crippen LogP contribution in [0.1, 0.15) is 5.56 Å². The van der Waals surface area contributed by atoms with E-state index in [1.807, 2.05) is 0 Å². The van der Waals surface area contributed by atoms with Crippen LogP contribution in [0.5, 0.6) is 11.5 Å². The number of rotatable bonds is 9. The van der Waals surface area contributed by atoms with Crippen LogP contribution in [-0.2, 0) is 21.4 Å². The van der Waals surface area contributed by atoms with Gasteiger partial charge < -0.3 is 14.8 Å². The molecule has 1 amide bonds. The number of halogens is 3. The first-order chi connectivity index (χ1) is 14.8. The molecule has 1 N–H and O–H groups in total. The Balaban J connectivity index is 2.11. The minimum atomic E-state index is -4.83. The molecule has 0 radical (unpaired) electrons. The molecular weight excluding hydrogens is 451 g/mol. The number of nitrogens with one attached hydrogen (secondary N) is 1. The van der Waals surface area contributed by atoms with Gasteiger partial charge in [-0.2, -0.15) is 0 Å². The van der Waals surface area contributed by atoms with Gasteiger partial charge in [-0.25, -0.2) is 12.7 Å². The van der Waals surface area contributed by atoms with Crippen LogP contribution in [0, 0.1) is 0 Å². The van der Waals surface area contributed by atoms with Gasteiger partial charge in [0.05, 0.1) is 13.7 Å². The molecule has 2 aromatic carbocycles. The number of ether oxygens (including phenoxy) is 2.